The van der Waals surface area contributed by atoms with E-state index in [1.807, 2.05) is 13.8 Å². The van der Waals surface area contributed by atoms with Crippen molar-refractivity contribution in [2.75, 3.05) is 12.4 Å². The summed E-state index contributed by atoms with van der Waals surface area (Å²) in [6, 6.07) is 0.241. The fourth-order valence-corrected chi connectivity index (χ4v) is 2.10. The number of aliphatic hydroxyl groups excluding tert-OH is 1. The van der Waals surface area contributed by atoms with Gasteiger partial charge in [0, 0.05) is 24.7 Å². The number of amides is 1. The van der Waals surface area contributed by atoms with Crippen LogP contribution in [-0.4, -0.2) is 40.0 Å². The van der Waals surface area contributed by atoms with Crippen LogP contribution in [0.25, 0.3) is 0 Å². The molecule has 0 bridgehead atoms. The molecule has 1 aromatic heterocycles. The minimum Gasteiger partial charge on any atom is -0.392 e. The third kappa shape index (κ3) is 2.33. The van der Waals surface area contributed by atoms with Crippen LogP contribution in [0.2, 0.25) is 0 Å². The van der Waals surface area contributed by atoms with Crippen LogP contribution in [0.5, 0.6) is 0 Å². The molecule has 18 heavy (non-hydrogen) atoms. The van der Waals surface area contributed by atoms with Crippen LogP contribution in [0.1, 0.15) is 20.3 Å². The Labute approximate surface area is 106 Å². The second-order valence-electron chi connectivity index (χ2n) is 5.37. The Balaban J connectivity index is 1.93. The molecule has 0 aliphatic heterocycles. The van der Waals surface area contributed by atoms with Crippen LogP contribution in [0.4, 0.5) is 5.69 Å². The van der Waals surface area contributed by atoms with Crippen molar-refractivity contribution >= 4 is 11.6 Å². The fourth-order valence-electron chi connectivity index (χ4n) is 2.10. The number of likely N-dealkylation sites (N-methyl/N-ethyl adjacent to an activating group) is 1. The van der Waals surface area contributed by atoms with E-state index >= 15 is 0 Å². The van der Waals surface area contributed by atoms with Gasteiger partial charge in [0.2, 0.25) is 5.91 Å². The maximum absolute atomic E-state index is 11.2. The predicted molar refractivity (Wildman–Crippen MR) is 68.1 cm³/mol. The number of hydrogen-bond acceptors (Lipinski definition) is 4. The van der Waals surface area contributed by atoms with Gasteiger partial charge >= 0.3 is 0 Å². The zero-order valence-corrected chi connectivity index (χ0v) is 11.0. The predicted octanol–water partition coefficient (Wildman–Crippen LogP) is 0.200. The lowest BCUT2D eigenvalue weighted by molar-refractivity contribution is -0.121. The SMILES string of the molecule is CNC(=O)Cn1cc(NC2CC(O)C2(C)C)cn1. The first kappa shape index (κ1) is 12.9. The van der Waals surface area contributed by atoms with Gasteiger partial charge in [0.15, 0.2) is 0 Å². The van der Waals surface area contributed by atoms with E-state index in [1.54, 1.807) is 24.1 Å². The highest BCUT2D eigenvalue weighted by molar-refractivity contribution is 5.75. The monoisotopic (exact) mass is 252 g/mol. The molecular formula is C12H20N4O2. The highest BCUT2D eigenvalue weighted by Crippen LogP contribution is 2.42. The molecule has 1 aromatic rings. The van der Waals surface area contributed by atoms with Gasteiger partial charge in [-0.1, -0.05) is 13.8 Å². The number of carbonyl (C=O) groups excluding carboxylic acids is 1. The molecule has 3 N–H and O–H groups in total. The van der Waals surface area contributed by atoms with Crippen LogP contribution < -0.4 is 10.6 Å². The molecule has 1 fully saturated rings. The number of anilines is 1. The van der Waals surface area contributed by atoms with Gasteiger partial charge in [0.1, 0.15) is 6.54 Å². The Bertz CT molecular complexity index is 441. The van der Waals surface area contributed by atoms with Crippen LogP contribution >= 0.6 is 0 Å². The molecule has 6 nitrogen and oxygen atoms in total. The molecule has 1 heterocycles. The molecule has 0 radical (unpaired) electrons. The Morgan fingerprint density at radius 1 is 1.67 bits per heavy atom. The minimum absolute atomic E-state index is 0.0796. The Hall–Kier alpha value is -1.56. The number of hydrogen-bond donors (Lipinski definition) is 3. The van der Waals surface area contributed by atoms with Gasteiger partial charge in [-0.15, -0.1) is 0 Å². The molecule has 0 aromatic carbocycles. The van der Waals surface area contributed by atoms with Gasteiger partial charge in [0.05, 0.1) is 18.0 Å². The first-order valence-corrected chi connectivity index (χ1v) is 6.11. The van der Waals surface area contributed by atoms with Gasteiger partial charge in [-0.05, 0) is 6.42 Å². The van der Waals surface area contributed by atoms with Crippen molar-refractivity contribution in [3.8, 4) is 0 Å². The first-order chi connectivity index (χ1) is 8.43. The number of aromatic nitrogens is 2. The highest BCUT2D eigenvalue weighted by atomic mass is 16.3. The van der Waals surface area contributed by atoms with Crippen molar-refractivity contribution in [2.45, 2.75) is 39.0 Å². The average molecular weight is 252 g/mol. The molecule has 6 heteroatoms. The maximum atomic E-state index is 11.2. The standard InChI is InChI=1S/C12H20N4O2/c1-12(2)9(4-10(12)17)15-8-5-14-16(6-8)7-11(18)13-3/h5-6,9-10,15,17H,4,7H2,1-3H3,(H,13,18). The number of aliphatic hydroxyl groups is 1. The highest BCUT2D eigenvalue weighted by Gasteiger charge is 2.47. The van der Waals surface area contributed by atoms with Crippen molar-refractivity contribution in [3.63, 3.8) is 0 Å². The van der Waals surface area contributed by atoms with Crippen LogP contribution in [0.15, 0.2) is 12.4 Å². The number of carbonyl (C=O) groups is 1. The molecule has 1 amide bonds. The summed E-state index contributed by atoms with van der Waals surface area (Å²) in [7, 11) is 1.60. The lowest BCUT2D eigenvalue weighted by Gasteiger charge is -2.49. The van der Waals surface area contributed by atoms with E-state index < -0.39 is 0 Å². The zero-order valence-electron chi connectivity index (χ0n) is 11.0. The molecule has 1 aliphatic carbocycles. The lowest BCUT2D eigenvalue weighted by Crippen LogP contribution is -2.56. The number of nitrogens with zero attached hydrogens (tertiary/aromatic N) is 2. The van der Waals surface area contributed by atoms with E-state index in [9.17, 15) is 9.90 Å². The van der Waals surface area contributed by atoms with E-state index in [2.05, 4.69) is 15.7 Å². The molecule has 0 spiro atoms. The molecule has 1 saturated carbocycles. The van der Waals surface area contributed by atoms with E-state index in [-0.39, 0.29) is 30.0 Å². The van der Waals surface area contributed by atoms with Crippen molar-refractivity contribution < 1.29 is 9.90 Å². The normalized spacial score (nSPS) is 25.3. The van der Waals surface area contributed by atoms with E-state index in [0.717, 1.165) is 12.1 Å². The van der Waals surface area contributed by atoms with E-state index in [4.69, 9.17) is 0 Å². The topological polar surface area (TPSA) is 79.2 Å². The number of rotatable bonds is 4. The third-order valence-corrected chi connectivity index (χ3v) is 3.77. The van der Waals surface area contributed by atoms with E-state index in [1.165, 1.54) is 0 Å². The summed E-state index contributed by atoms with van der Waals surface area (Å²) in [4.78, 5) is 11.2. The van der Waals surface area contributed by atoms with Crippen molar-refractivity contribution in [2.24, 2.45) is 5.41 Å². The molecule has 2 rings (SSSR count). The van der Waals surface area contributed by atoms with Crippen LogP contribution in [0, 0.1) is 5.41 Å². The molecule has 0 saturated heterocycles. The molecule has 2 unspecified atom stereocenters. The summed E-state index contributed by atoms with van der Waals surface area (Å²) in [6.07, 6.45) is 3.99. The van der Waals surface area contributed by atoms with Gasteiger partial charge < -0.3 is 15.7 Å². The molecule has 1 aliphatic rings. The minimum atomic E-state index is -0.254. The summed E-state index contributed by atoms with van der Waals surface area (Å²) in [5, 5.41) is 19.7. The quantitative estimate of drug-likeness (QED) is 0.715. The molecule has 2 atom stereocenters. The smallest absolute Gasteiger partial charge is 0.241 e. The third-order valence-electron chi connectivity index (χ3n) is 3.77. The second-order valence-corrected chi connectivity index (χ2v) is 5.37. The largest absolute Gasteiger partial charge is 0.392 e. The average Bonchev–Trinajstić information content (AvgIpc) is 2.76. The summed E-state index contributed by atoms with van der Waals surface area (Å²) in [5.74, 6) is -0.0796. The number of nitrogens with one attached hydrogen (secondary N) is 2. The van der Waals surface area contributed by atoms with Crippen LogP contribution in [0.3, 0.4) is 0 Å². The van der Waals surface area contributed by atoms with Gasteiger partial charge in [0.25, 0.3) is 0 Å². The van der Waals surface area contributed by atoms with Gasteiger partial charge in [-0.3, -0.25) is 9.48 Å². The van der Waals surface area contributed by atoms with Gasteiger partial charge in [-0.2, -0.15) is 5.10 Å². The summed E-state index contributed by atoms with van der Waals surface area (Å²) in [6.45, 7) is 4.29. The summed E-state index contributed by atoms with van der Waals surface area (Å²) in [5.41, 5.74) is 0.756. The van der Waals surface area contributed by atoms with Crippen molar-refractivity contribution in [1.29, 1.82) is 0 Å². The van der Waals surface area contributed by atoms with Crippen molar-refractivity contribution in [3.05, 3.63) is 12.4 Å². The zero-order chi connectivity index (χ0) is 13.3. The van der Waals surface area contributed by atoms with E-state index in [0.29, 0.717) is 0 Å². The fraction of sp³-hybridized carbons (Fsp3) is 0.667. The Morgan fingerprint density at radius 3 is 2.94 bits per heavy atom. The second kappa shape index (κ2) is 4.61. The summed E-state index contributed by atoms with van der Waals surface area (Å²) >= 11 is 0. The van der Waals surface area contributed by atoms with Crippen LogP contribution in [-0.2, 0) is 11.3 Å². The lowest BCUT2D eigenvalue weighted by atomic mass is 9.64. The van der Waals surface area contributed by atoms with Crippen molar-refractivity contribution in [1.82, 2.24) is 15.1 Å². The maximum Gasteiger partial charge on any atom is 0.241 e. The first-order valence-electron chi connectivity index (χ1n) is 6.11. The Morgan fingerprint density at radius 2 is 2.39 bits per heavy atom. The Kier molecular flexibility index (Phi) is 3.30. The molecular weight excluding hydrogens is 232 g/mol. The van der Waals surface area contributed by atoms with Gasteiger partial charge in [-0.25, -0.2) is 0 Å². The molecule has 100 valence electrons. The summed E-state index contributed by atoms with van der Waals surface area (Å²) < 4.78 is 1.59.